The van der Waals surface area contributed by atoms with Crippen LogP contribution in [0.4, 0.5) is 0 Å². The van der Waals surface area contributed by atoms with Crippen LogP contribution in [0.3, 0.4) is 0 Å². The van der Waals surface area contributed by atoms with E-state index < -0.39 is 5.41 Å². The average Bonchev–Trinajstić information content (AvgIpc) is 3.20. The Morgan fingerprint density at radius 2 is 1.79 bits per heavy atom. The third-order valence-corrected chi connectivity index (χ3v) is 5.10. The van der Waals surface area contributed by atoms with Crippen molar-refractivity contribution < 1.29 is 4.79 Å². The van der Waals surface area contributed by atoms with Crippen LogP contribution in [0.2, 0.25) is 0 Å². The van der Waals surface area contributed by atoms with Crippen LogP contribution in [0.1, 0.15) is 45.2 Å². The zero-order chi connectivity index (χ0) is 19.7. The fraction of sp³-hybridized carbons (Fsp3) is 0.619. The number of rotatable bonds is 8. The van der Waals surface area contributed by atoms with Gasteiger partial charge in [-0.25, -0.2) is 0 Å². The number of guanidine groups is 1. The average molecular weight is 501 g/mol. The number of benzene rings is 1. The molecule has 28 heavy (non-hydrogen) atoms. The third kappa shape index (κ3) is 7.24. The second-order valence-electron chi connectivity index (χ2n) is 7.72. The molecule has 0 spiro atoms. The summed E-state index contributed by atoms with van der Waals surface area (Å²) in [6.07, 6.45) is 2.52. The first kappa shape index (κ1) is 24.7. The second kappa shape index (κ2) is 12.3. The lowest BCUT2D eigenvalue weighted by molar-refractivity contribution is -0.128. The van der Waals surface area contributed by atoms with Crippen molar-refractivity contribution >= 4 is 35.8 Å². The van der Waals surface area contributed by atoms with E-state index in [1.807, 2.05) is 20.8 Å². The summed E-state index contributed by atoms with van der Waals surface area (Å²) < 4.78 is 0. The second-order valence-corrected chi connectivity index (χ2v) is 7.72. The van der Waals surface area contributed by atoms with Gasteiger partial charge in [-0.1, -0.05) is 30.3 Å². The van der Waals surface area contributed by atoms with Gasteiger partial charge in [-0.15, -0.1) is 24.0 Å². The molecule has 0 bridgehead atoms. The van der Waals surface area contributed by atoms with E-state index in [1.165, 1.54) is 18.4 Å². The molecule has 1 aromatic carbocycles. The summed E-state index contributed by atoms with van der Waals surface area (Å²) in [4.78, 5) is 19.0. The van der Waals surface area contributed by atoms with Crippen LogP contribution in [0.15, 0.2) is 35.3 Å². The fourth-order valence-corrected chi connectivity index (χ4v) is 3.38. The molecule has 3 N–H and O–H groups in total. The highest BCUT2D eigenvalue weighted by Gasteiger charge is 2.28. The van der Waals surface area contributed by atoms with Crippen molar-refractivity contribution in [3.05, 3.63) is 35.9 Å². The maximum Gasteiger partial charge on any atom is 0.227 e. The van der Waals surface area contributed by atoms with Crippen LogP contribution >= 0.6 is 24.0 Å². The Bertz CT molecular complexity index is 614. The van der Waals surface area contributed by atoms with E-state index >= 15 is 0 Å². The summed E-state index contributed by atoms with van der Waals surface area (Å²) in [5, 5.41) is 9.65. The number of carbonyl (C=O) groups is 1. The Hall–Kier alpha value is -1.35. The number of likely N-dealkylation sites (tertiary alicyclic amines) is 1. The van der Waals surface area contributed by atoms with E-state index in [4.69, 9.17) is 0 Å². The number of amides is 1. The lowest BCUT2D eigenvalue weighted by Crippen LogP contribution is -2.49. The van der Waals surface area contributed by atoms with Gasteiger partial charge >= 0.3 is 0 Å². The topological polar surface area (TPSA) is 68.8 Å². The van der Waals surface area contributed by atoms with Crippen LogP contribution in [0.5, 0.6) is 0 Å². The largest absolute Gasteiger partial charge is 0.356 e. The van der Waals surface area contributed by atoms with Crippen LogP contribution < -0.4 is 16.0 Å². The SMILES string of the molecule is CCNC(=O)C(C)(C)CNC(=NC)NCC(c1ccccc1)N1CCCC1.I. The lowest BCUT2D eigenvalue weighted by atomic mass is 9.92. The summed E-state index contributed by atoms with van der Waals surface area (Å²) in [6.45, 7) is 10.0. The van der Waals surface area contributed by atoms with Gasteiger partial charge in [0, 0.05) is 26.7 Å². The number of nitrogens with zero attached hydrogens (tertiary/aromatic N) is 2. The highest BCUT2D eigenvalue weighted by molar-refractivity contribution is 14.0. The maximum absolute atomic E-state index is 12.2. The first-order valence-corrected chi connectivity index (χ1v) is 9.99. The molecule has 1 aliphatic rings. The molecular weight excluding hydrogens is 465 g/mol. The molecule has 158 valence electrons. The molecule has 0 aliphatic carbocycles. The van der Waals surface area contributed by atoms with E-state index in [1.54, 1.807) is 7.05 Å². The summed E-state index contributed by atoms with van der Waals surface area (Å²) in [5.74, 6) is 0.777. The van der Waals surface area contributed by atoms with Crippen molar-refractivity contribution in [3.8, 4) is 0 Å². The molecule has 1 fully saturated rings. The van der Waals surface area contributed by atoms with E-state index in [0.29, 0.717) is 19.1 Å². The fourth-order valence-electron chi connectivity index (χ4n) is 3.38. The van der Waals surface area contributed by atoms with Gasteiger partial charge < -0.3 is 16.0 Å². The Morgan fingerprint density at radius 3 is 2.36 bits per heavy atom. The van der Waals surface area contributed by atoms with Gasteiger partial charge in [-0.05, 0) is 52.3 Å². The Balaban J connectivity index is 0.00000392. The van der Waals surface area contributed by atoms with Crippen LogP contribution in [-0.4, -0.2) is 56.5 Å². The minimum absolute atomic E-state index is 0. The number of nitrogens with one attached hydrogen (secondary N) is 3. The summed E-state index contributed by atoms with van der Waals surface area (Å²) in [6, 6.07) is 11.0. The molecule has 1 aliphatic heterocycles. The van der Waals surface area contributed by atoms with E-state index in [0.717, 1.165) is 25.6 Å². The van der Waals surface area contributed by atoms with Gasteiger partial charge in [0.05, 0.1) is 11.5 Å². The third-order valence-electron chi connectivity index (χ3n) is 5.10. The van der Waals surface area contributed by atoms with E-state index in [2.05, 4.69) is 56.2 Å². The van der Waals surface area contributed by atoms with Gasteiger partial charge in [0.2, 0.25) is 5.91 Å². The van der Waals surface area contributed by atoms with Gasteiger partial charge in [0.15, 0.2) is 5.96 Å². The number of halogens is 1. The molecular formula is C21H36IN5O. The highest BCUT2D eigenvalue weighted by atomic mass is 127. The van der Waals surface area contributed by atoms with Gasteiger partial charge in [-0.3, -0.25) is 14.7 Å². The maximum atomic E-state index is 12.2. The molecule has 7 heteroatoms. The molecule has 6 nitrogen and oxygen atoms in total. The van der Waals surface area contributed by atoms with Crippen molar-refractivity contribution in [2.75, 3.05) is 39.8 Å². The molecule has 1 saturated heterocycles. The minimum Gasteiger partial charge on any atom is -0.356 e. The van der Waals surface area contributed by atoms with Crippen molar-refractivity contribution in [2.24, 2.45) is 10.4 Å². The molecule has 0 radical (unpaired) electrons. The highest BCUT2D eigenvalue weighted by Crippen LogP contribution is 2.24. The van der Waals surface area contributed by atoms with Crippen molar-refractivity contribution in [3.63, 3.8) is 0 Å². The predicted molar refractivity (Wildman–Crippen MR) is 127 cm³/mol. The smallest absolute Gasteiger partial charge is 0.227 e. The Kier molecular flexibility index (Phi) is 10.8. The summed E-state index contributed by atoms with van der Waals surface area (Å²) >= 11 is 0. The molecule has 2 rings (SSSR count). The zero-order valence-corrected chi connectivity index (χ0v) is 20.0. The van der Waals surface area contributed by atoms with Crippen molar-refractivity contribution in [2.45, 2.75) is 39.7 Å². The zero-order valence-electron chi connectivity index (χ0n) is 17.6. The quantitative estimate of drug-likeness (QED) is 0.291. The molecule has 1 heterocycles. The first-order chi connectivity index (χ1) is 13.0. The van der Waals surface area contributed by atoms with E-state index in [-0.39, 0.29) is 29.9 Å². The Labute approximate surface area is 187 Å². The minimum atomic E-state index is -0.499. The predicted octanol–water partition coefficient (Wildman–Crippen LogP) is 2.77. The first-order valence-electron chi connectivity index (χ1n) is 9.99. The Morgan fingerprint density at radius 1 is 1.14 bits per heavy atom. The molecule has 1 atom stereocenters. The van der Waals surface area contributed by atoms with Crippen molar-refractivity contribution in [1.82, 2.24) is 20.9 Å². The standard InChI is InChI=1S/C21H35N5O.HI/c1-5-23-19(27)21(2,3)16-25-20(22-4)24-15-18(26-13-9-10-14-26)17-11-7-6-8-12-17;/h6-8,11-12,18H,5,9-10,13-16H2,1-4H3,(H,23,27)(H2,22,24,25);1H. The lowest BCUT2D eigenvalue weighted by Gasteiger charge is -2.29. The van der Waals surface area contributed by atoms with E-state index in [9.17, 15) is 4.79 Å². The van der Waals surface area contributed by atoms with Gasteiger partial charge in [0.1, 0.15) is 0 Å². The molecule has 1 unspecified atom stereocenters. The molecule has 0 aromatic heterocycles. The molecule has 1 amide bonds. The normalized spacial score (nSPS) is 16.2. The van der Waals surface area contributed by atoms with Crippen LogP contribution in [-0.2, 0) is 4.79 Å². The summed E-state index contributed by atoms with van der Waals surface area (Å²) in [5.41, 5.74) is 0.825. The monoisotopic (exact) mass is 501 g/mol. The van der Waals surface area contributed by atoms with Crippen LogP contribution in [0, 0.1) is 5.41 Å². The molecule has 1 aromatic rings. The summed E-state index contributed by atoms with van der Waals surface area (Å²) in [7, 11) is 1.77. The van der Waals surface area contributed by atoms with Gasteiger partial charge in [0.25, 0.3) is 0 Å². The number of hydrogen-bond acceptors (Lipinski definition) is 3. The number of carbonyl (C=O) groups excluding carboxylic acids is 1. The number of hydrogen-bond donors (Lipinski definition) is 3. The van der Waals surface area contributed by atoms with Gasteiger partial charge in [-0.2, -0.15) is 0 Å². The molecule has 0 saturated carbocycles. The van der Waals surface area contributed by atoms with Crippen LogP contribution in [0.25, 0.3) is 0 Å². The van der Waals surface area contributed by atoms with Crippen molar-refractivity contribution in [1.29, 1.82) is 0 Å². The number of aliphatic imine (C=N–C) groups is 1.